The van der Waals surface area contributed by atoms with E-state index in [1.54, 1.807) is 0 Å². The molecule has 2 atom stereocenters. The third-order valence-corrected chi connectivity index (χ3v) is 4.76. The van der Waals surface area contributed by atoms with E-state index >= 15 is 0 Å². The lowest BCUT2D eigenvalue weighted by Gasteiger charge is -2.38. The Morgan fingerprint density at radius 1 is 0.944 bits per heavy atom. The lowest BCUT2D eigenvalue weighted by molar-refractivity contribution is 0.134. The van der Waals surface area contributed by atoms with Gasteiger partial charge >= 0.3 is 0 Å². The van der Waals surface area contributed by atoms with Crippen LogP contribution in [0.15, 0.2) is 0 Å². The second kappa shape index (κ2) is 7.49. The molecule has 0 aromatic carbocycles. The Morgan fingerprint density at radius 2 is 1.67 bits per heavy atom. The van der Waals surface area contributed by atoms with Crippen LogP contribution in [0.25, 0.3) is 0 Å². The highest BCUT2D eigenvalue weighted by atomic mass is 15.2. The normalized spacial score (nSPS) is 30.2. The van der Waals surface area contributed by atoms with Gasteiger partial charge in [0.05, 0.1) is 0 Å². The Hall–Kier alpha value is -0.0800. The molecule has 1 N–H and O–H groups in total. The van der Waals surface area contributed by atoms with E-state index in [0.717, 1.165) is 24.5 Å². The van der Waals surface area contributed by atoms with Crippen molar-refractivity contribution in [1.29, 1.82) is 0 Å². The van der Waals surface area contributed by atoms with Gasteiger partial charge in [0.2, 0.25) is 0 Å². The van der Waals surface area contributed by atoms with Gasteiger partial charge in [-0.15, -0.1) is 0 Å². The molecule has 0 spiro atoms. The number of hydrogen-bond acceptors (Lipinski definition) is 2. The quantitative estimate of drug-likeness (QED) is 0.779. The first-order chi connectivity index (χ1) is 8.85. The van der Waals surface area contributed by atoms with Crippen LogP contribution in [-0.4, -0.2) is 36.6 Å². The van der Waals surface area contributed by atoms with Gasteiger partial charge in [0, 0.05) is 18.6 Å². The topological polar surface area (TPSA) is 15.3 Å². The highest BCUT2D eigenvalue weighted by molar-refractivity contribution is 4.88. The zero-order valence-electron chi connectivity index (χ0n) is 12.5. The molecular formula is C16H32N2. The van der Waals surface area contributed by atoms with Crippen molar-refractivity contribution in [1.82, 2.24) is 10.2 Å². The minimum atomic E-state index is 0.744. The van der Waals surface area contributed by atoms with Crippen molar-refractivity contribution in [3.05, 3.63) is 0 Å². The van der Waals surface area contributed by atoms with Gasteiger partial charge < -0.3 is 5.32 Å². The highest BCUT2D eigenvalue weighted by Gasteiger charge is 2.31. The van der Waals surface area contributed by atoms with Crippen LogP contribution in [0, 0.1) is 5.92 Å². The molecule has 0 saturated heterocycles. The average molecular weight is 252 g/mol. The van der Waals surface area contributed by atoms with Crippen LogP contribution in [-0.2, 0) is 0 Å². The summed E-state index contributed by atoms with van der Waals surface area (Å²) in [4.78, 5) is 2.79. The van der Waals surface area contributed by atoms with Crippen molar-refractivity contribution < 1.29 is 0 Å². The van der Waals surface area contributed by atoms with Gasteiger partial charge in [0.1, 0.15) is 0 Å². The number of nitrogens with one attached hydrogen (secondary N) is 1. The Kier molecular flexibility index (Phi) is 5.97. The van der Waals surface area contributed by atoms with Gasteiger partial charge in [-0.25, -0.2) is 0 Å². The van der Waals surface area contributed by atoms with Crippen LogP contribution < -0.4 is 5.32 Å². The zero-order chi connectivity index (χ0) is 12.8. The van der Waals surface area contributed by atoms with E-state index in [1.807, 2.05) is 0 Å². The van der Waals surface area contributed by atoms with Gasteiger partial charge in [-0.1, -0.05) is 39.5 Å². The van der Waals surface area contributed by atoms with E-state index < -0.39 is 0 Å². The summed E-state index contributed by atoms with van der Waals surface area (Å²) in [6.45, 7) is 8.34. The summed E-state index contributed by atoms with van der Waals surface area (Å²) in [7, 11) is 0. The smallest absolute Gasteiger partial charge is 0.0249 e. The first-order valence-corrected chi connectivity index (χ1v) is 8.32. The summed E-state index contributed by atoms with van der Waals surface area (Å²) < 4.78 is 0. The molecule has 0 aromatic rings. The monoisotopic (exact) mass is 252 g/mol. The summed E-state index contributed by atoms with van der Waals surface area (Å²) in [5.74, 6) is 1.03. The molecule has 2 aliphatic rings. The zero-order valence-corrected chi connectivity index (χ0v) is 12.5. The fourth-order valence-corrected chi connectivity index (χ4v) is 3.53. The standard InChI is InChI=1S/C16H32N2/c1-3-17-15-9-7-5-6-8-10-16(15)18(4-2)13-14-11-12-14/h14-17H,3-13H2,1-2H3. The molecule has 2 unspecified atom stereocenters. The van der Waals surface area contributed by atoms with Crippen LogP contribution >= 0.6 is 0 Å². The molecule has 0 amide bonds. The van der Waals surface area contributed by atoms with Crippen molar-refractivity contribution in [3.63, 3.8) is 0 Å². The van der Waals surface area contributed by atoms with E-state index in [1.165, 1.54) is 64.5 Å². The fraction of sp³-hybridized carbons (Fsp3) is 1.00. The third kappa shape index (κ3) is 4.24. The maximum atomic E-state index is 3.77. The van der Waals surface area contributed by atoms with Crippen LogP contribution in [0.5, 0.6) is 0 Å². The van der Waals surface area contributed by atoms with Crippen molar-refractivity contribution >= 4 is 0 Å². The summed E-state index contributed by atoms with van der Waals surface area (Å²) >= 11 is 0. The molecule has 2 nitrogen and oxygen atoms in total. The lowest BCUT2D eigenvalue weighted by Crippen LogP contribution is -2.51. The van der Waals surface area contributed by atoms with Crippen molar-refractivity contribution in [2.45, 2.75) is 77.3 Å². The number of hydrogen-bond donors (Lipinski definition) is 1. The van der Waals surface area contributed by atoms with Gasteiger partial charge in [-0.3, -0.25) is 4.90 Å². The van der Waals surface area contributed by atoms with Crippen LogP contribution in [0.2, 0.25) is 0 Å². The van der Waals surface area contributed by atoms with Crippen molar-refractivity contribution in [2.24, 2.45) is 5.92 Å². The minimum absolute atomic E-state index is 0.744. The largest absolute Gasteiger partial charge is 0.313 e. The average Bonchev–Trinajstić information content (AvgIpc) is 3.15. The van der Waals surface area contributed by atoms with Gasteiger partial charge in [0.25, 0.3) is 0 Å². The fourth-order valence-electron chi connectivity index (χ4n) is 3.53. The molecule has 2 aliphatic carbocycles. The van der Waals surface area contributed by atoms with E-state index in [0.29, 0.717) is 0 Å². The Morgan fingerprint density at radius 3 is 2.28 bits per heavy atom. The SMILES string of the molecule is CCNC1CCCCCCC1N(CC)CC1CC1. The Bertz CT molecular complexity index is 223. The maximum absolute atomic E-state index is 3.77. The van der Waals surface area contributed by atoms with E-state index in [9.17, 15) is 0 Å². The molecule has 18 heavy (non-hydrogen) atoms. The number of rotatable bonds is 6. The van der Waals surface area contributed by atoms with Gasteiger partial charge in [-0.05, 0) is 44.7 Å². The highest BCUT2D eigenvalue weighted by Crippen LogP contribution is 2.32. The maximum Gasteiger partial charge on any atom is 0.0249 e. The molecular weight excluding hydrogens is 220 g/mol. The molecule has 0 heterocycles. The molecule has 2 fully saturated rings. The molecule has 2 saturated carbocycles. The predicted octanol–water partition coefficient (Wildman–Crippen LogP) is 3.42. The summed E-state index contributed by atoms with van der Waals surface area (Å²) in [5, 5.41) is 3.77. The Balaban J connectivity index is 1.95. The van der Waals surface area contributed by atoms with Crippen molar-refractivity contribution in [2.75, 3.05) is 19.6 Å². The minimum Gasteiger partial charge on any atom is -0.313 e. The summed E-state index contributed by atoms with van der Waals surface area (Å²) in [6, 6.07) is 1.55. The van der Waals surface area contributed by atoms with Crippen LogP contribution in [0.1, 0.15) is 65.2 Å². The molecule has 2 heteroatoms. The number of likely N-dealkylation sites (N-methyl/N-ethyl adjacent to an activating group) is 2. The summed E-state index contributed by atoms with van der Waals surface area (Å²) in [5.41, 5.74) is 0. The molecule has 0 aromatic heterocycles. The second-order valence-electron chi connectivity index (χ2n) is 6.25. The summed E-state index contributed by atoms with van der Waals surface area (Å²) in [6.07, 6.45) is 11.5. The molecule has 106 valence electrons. The van der Waals surface area contributed by atoms with Gasteiger partial charge in [-0.2, -0.15) is 0 Å². The molecule has 0 radical (unpaired) electrons. The molecule has 0 bridgehead atoms. The van der Waals surface area contributed by atoms with Gasteiger partial charge in [0.15, 0.2) is 0 Å². The predicted molar refractivity (Wildman–Crippen MR) is 78.9 cm³/mol. The lowest BCUT2D eigenvalue weighted by atomic mass is 9.91. The first-order valence-electron chi connectivity index (χ1n) is 8.32. The first kappa shape index (κ1) is 14.3. The molecule has 0 aliphatic heterocycles. The number of nitrogens with zero attached hydrogens (tertiary/aromatic N) is 1. The second-order valence-corrected chi connectivity index (χ2v) is 6.25. The van der Waals surface area contributed by atoms with E-state index in [-0.39, 0.29) is 0 Å². The van der Waals surface area contributed by atoms with Crippen molar-refractivity contribution in [3.8, 4) is 0 Å². The van der Waals surface area contributed by atoms with E-state index in [2.05, 4.69) is 24.1 Å². The van der Waals surface area contributed by atoms with Crippen LogP contribution in [0.4, 0.5) is 0 Å². The van der Waals surface area contributed by atoms with E-state index in [4.69, 9.17) is 0 Å². The molecule has 2 rings (SSSR count). The Labute approximate surface area is 114 Å². The third-order valence-electron chi connectivity index (χ3n) is 4.76. The van der Waals surface area contributed by atoms with Crippen LogP contribution in [0.3, 0.4) is 0 Å².